The van der Waals surface area contributed by atoms with Crippen molar-refractivity contribution in [2.24, 2.45) is 0 Å². The second-order valence-electron chi connectivity index (χ2n) is 3.47. The first-order chi connectivity index (χ1) is 6.18. The van der Waals surface area contributed by atoms with Gasteiger partial charge in [-0.25, -0.2) is 0 Å². The van der Waals surface area contributed by atoms with E-state index in [0.29, 0.717) is 6.04 Å². The quantitative estimate of drug-likeness (QED) is 0.756. The molecule has 1 unspecified atom stereocenters. The van der Waals surface area contributed by atoms with Crippen LogP contribution < -0.4 is 5.32 Å². The van der Waals surface area contributed by atoms with Crippen LogP contribution in [0, 0.1) is 0 Å². The molecular weight excluding hydrogens is 249 g/mol. The summed E-state index contributed by atoms with van der Waals surface area (Å²) < 4.78 is 1.16. The van der Waals surface area contributed by atoms with Gasteiger partial charge in [0.2, 0.25) is 0 Å². The van der Waals surface area contributed by atoms with Gasteiger partial charge in [0.15, 0.2) is 0 Å². The summed E-state index contributed by atoms with van der Waals surface area (Å²) in [5.74, 6) is 0. The Kier molecular flexibility index (Phi) is 2.63. The molecule has 1 aliphatic rings. The lowest BCUT2D eigenvalue weighted by atomic mass is 9.97. The normalized spacial score (nSPS) is 21.3. The summed E-state index contributed by atoms with van der Waals surface area (Å²) in [5, 5.41) is 4.31. The Balaban J connectivity index is 2.51. The van der Waals surface area contributed by atoms with Crippen molar-refractivity contribution in [3.63, 3.8) is 0 Å². The molecule has 70 valence electrons. The van der Waals surface area contributed by atoms with Crippen LogP contribution in [-0.2, 0) is 13.0 Å². The van der Waals surface area contributed by atoms with Crippen molar-refractivity contribution in [3.8, 4) is 0 Å². The van der Waals surface area contributed by atoms with Crippen LogP contribution in [0.5, 0.6) is 0 Å². The molecule has 1 atom stereocenters. The lowest BCUT2D eigenvalue weighted by Gasteiger charge is -2.24. The van der Waals surface area contributed by atoms with E-state index in [4.69, 9.17) is 11.6 Å². The van der Waals surface area contributed by atoms with E-state index in [2.05, 4.69) is 28.2 Å². The molecule has 3 heteroatoms. The van der Waals surface area contributed by atoms with Gasteiger partial charge in [-0.1, -0.05) is 27.5 Å². The predicted molar refractivity (Wildman–Crippen MR) is 59.2 cm³/mol. The van der Waals surface area contributed by atoms with E-state index in [1.807, 2.05) is 12.1 Å². The smallest absolute Gasteiger partial charge is 0.0442 e. The number of fused-ring (bicyclic) bond motifs is 1. The third-order valence-corrected chi connectivity index (χ3v) is 3.55. The summed E-state index contributed by atoms with van der Waals surface area (Å²) in [6, 6.07) is 4.50. The van der Waals surface area contributed by atoms with Crippen LogP contribution in [0.2, 0.25) is 5.02 Å². The molecule has 0 amide bonds. The summed E-state index contributed by atoms with van der Waals surface area (Å²) in [5.41, 5.74) is 2.60. The number of nitrogens with one attached hydrogen (secondary N) is 1. The fourth-order valence-corrected chi connectivity index (χ4v) is 2.47. The van der Waals surface area contributed by atoms with Gasteiger partial charge in [-0.05, 0) is 36.6 Å². The fourth-order valence-electron chi connectivity index (χ4n) is 1.70. The van der Waals surface area contributed by atoms with Crippen LogP contribution >= 0.6 is 27.5 Å². The van der Waals surface area contributed by atoms with Gasteiger partial charge in [0.1, 0.15) is 0 Å². The van der Waals surface area contributed by atoms with Gasteiger partial charge >= 0.3 is 0 Å². The molecule has 0 spiro atoms. The summed E-state index contributed by atoms with van der Waals surface area (Å²) in [7, 11) is 0. The largest absolute Gasteiger partial charge is 0.310 e. The zero-order valence-electron chi connectivity index (χ0n) is 7.40. The first-order valence-electron chi connectivity index (χ1n) is 4.37. The standard InChI is InChI=1S/C10H11BrClN/c1-6-4-7-8(5-13-6)9(11)2-3-10(7)12/h2-3,6,13H,4-5H2,1H3. The Morgan fingerprint density at radius 3 is 3.00 bits per heavy atom. The molecule has 0 bridgehead atoms. The maximum Gasteiger partial charge on any atom is 0.0442 e. The summed E-state index contributed by atoms with van der Waals surface area (Å²) in [6.07, 6.45) is 1.02. The summed E-state index contributed by atoms with van der Waals surface area (Å²) >= 11 is 9.67. The van der Waals surface area contributed by atoms with Crippen LogP contribution in [0.3, 0.4) is 0 Å². The van der Waals surface area contributed by atoms with Gasteiger partial charge in [-0.2, -0.15) is 0 Å². The molecule has 1 aromatic rings. The molecule has 13 heavy (non-hydrogen) atoms. The topological polar surface area (TPSA) is 12.0 Å². The van der Waals surface area contributed by atoms with E-state index in [0.717, 1.165) is 22.5 Å². The van der Waals surface area contributed by atoms with Crippen molar-refractivity contribution in [2.75, 3.05) is 0 Å². The maximum atomic E-state index is 6.13. The highest BCUT2D eigenvalue weighted by molar-refractivity contribution is 9.10. The average Bonchev–Trinajstić information content (AvgIpc) is 2.12. The molecule has 0 saturated carbocycles. The van der Waals surface area contributed by atoms with E-state index in [9.17, 15) is 0 Å². The predicted octanol–water partition coefficient (Wildman–Crippen LogP) is 3.14. The minimum Gasteiger partial charge on any atom is -0.310 e. The van der Waals surface area contributed by atoms with Gasteiger partial charge in [-0.15, -0.1) is 0 Å². The van der Waals surface area contributed by atoms with Crippen molar-refractivity contribution < 1.29 is 0 Å². The summed E-state index contributed by atoms with van der Waals surface area (Å²) in [6.45, 7) is 3.10. The van der Waals surface area contributed by atoms with Crippen molar-refractivity contribution >= 4 is 27.5 Å². The van der Waals surface area contributed by atoms with Gasteiger partial charge in [-0.3, -0.25) is 0 Å². The molecule has 0 fully saturated rings. The van der Waals surface area contributed by atoms with Gasteiger partial charge in [0.05, 0.1) is 0 Å². The van der Waals surface area contributed by atoms with Crippen LogP contribution in [0.25, 0.3) is 0 Å². The van der Waals surface area contributed by atoms with Gasteiger partial charge < -0.3 is 5.32 Å². The molecule has 0 aliphatic carbocycles. The Bertz CT molecular complexity index is 338. The molecule has 0 aromatic heterocycles. The Morgan fingerprint density at radius 1 is 1.46 bits per heavy atom. The SMILES string of the molecule is CC1Cc2c(Cl)ccc(Br)c2CN1. The number of halogens is 2. The van der Waals surface area contributed by atoms with Crippen molar-refractivity contribution in [1.29, 1.82) is 0 Å². The highest BCUT2D eigenvalue weighted by Gasteiger charge is 2.18. The number of hydrogen-bond acceptors (Lipinski definition) is 1. The van der Waals surface area contributed by atoms with Crippen LogP contribution in [0.15, 0.2) is 16.6 Å². The first kappa shape index (κ1) is 9.50. The third kappa shape index (κ3) is 1.76. The van der Waals surface area contributed by atoms with Crippen molar-refractivity contribution in [1.82, 2.24) is 5.32 Å². The van der Waals surface area contributed by atoms with Crippen LogP contribution in [0.4, 0.5) is 0 Å². The zero-order valence-corrected chi connectivity index (χ0v) is 9.74. The number of rotatable bonds is 0. The maximum absolute atomic E-state index is 6.13. The summed E-state index contributed by atoms with van der Waals surface area (Å²) in [4.78, 5) is 0. The average molecular weight is 261 g/mol. The minimum atomic E-state index is 0.527. The fraction of sp³-hybridized carbons (Fsp3) is 0.400. The molecule has 0 saturated heterocycles. The van der Waals surface area contributed by atoms with Gasteiger partial charge in [0, 0.05) is 22.1 Å². The van der Waals surface area contributed by atoms with E-state index in [1.165, 1.54) is 11.1 Å². The van der Waals surface area contributed by atoms with Crippen molar-refractivity contribution in [3.05, 3.63) is 32.8 Å². The molecule has 1 aromatic carbocycles. The lowest BCUT2D eigenvalue weighted by Crippen LogP contribution is -2.33. The zero-order chi connectivity index (χ0) is 9.42. The van der Waals surface area contributed by atoms with Crippen LogP contribution in [0.1, 0.15) is 18.1 Å². The minimum absolute atomic E-state index is 0.527. The monoisotopic (exact) mass is 259 g/mol. The highest BCUT2D eigenvalue weighted by atomic mass is 79.9. The van der Waals surface area contributed by atoms with Crippen LogP contribution in [-0.4, -0.2) is 6.04 Å². The second-order valence-corrected chi connectivity index (χ2v) is 4.73. The number of benzene rings is 1. The molecule has 1 aliphatic heterocycles. The lowest BCUT2D eigenvalue weighted by molar-refractivity contribution is 0.512. The molecule has 0 radical (unpaired) electrons. The molecule has 1 heterocycles. The third-order valence-electron chi connectivity index (χ3n) is 2.45. The molecule has 1 nitrogen and oxygen atoms in total. The van der Waals surface area contributed by atoms with E-state index < -0.39 is 0 Å². The van der Waals surface area contributed by atoms with Crippen molar-refractivity contribution in [2.45, 2.75) is 25.9 Å². The Hall–Kier alpha value is -0.0500. The van der Waals surface area contributed by atoms with E-state index >= 15 is 0 Å². The Morgan fingerprint density at radius 2 is 2.23 bits per heavy atom. The first-order valence-corrected chi connectivity index (χ1v) is 5.54. The Labute approximate surface area is 91.6 Å². The van der Waals surface area contributed by atoms with E-state index in [1.54, 1.807) is 0 Å². The number of hydrogen-bond donors (Lipinski definition) is 1. The van der Waals surface area contributed by atoms with E-state index in [-0.39, 0.29) is 0 Å². The molecular formula is C10H11BrClN. The second kappa shape index (κ2) is 3.60. The van der Waals surface area contributed by atoms with Gasteiger partial charge in [0.25, 0.3) is 0 Å². The highest BCUT2D eigenvalue weighted by Crippen LogP contribution is 2.30. The molecule has 1 N–H and O–H groups in total. The molecule has 2 rings (SSSR count).